The summed E-state index contributed by atoms with van der Waals surface area (Å²) in [5, 5.41) is 9.43. The van der Waals surface area contributed by atoms with Crippen molar-refractivity contribution < 1.29 is 5.11 Å². The van der Waals surface area contributed by atoms with Crippen LogP contribution in [0.5, 0.6) is 5.75 Å². The van der Waals surface area contributed by atoms with Crippen LogP contribution in [0.25, 0.3) is 0 Å². The summed E-state index contributed by atoms with van der Waals surface area (Å²) in [6.07, 6.45) is 0.862. The Bertz CT molecular complexity index is 489. The fraction of sp³-hybridized carbons (Fsp3) is 0.143. The van der Waals surface area contributed by atoms with E-state index in [1.807, 2.05) is 43.3 Å². The Kier molecular flexibility index (Phi) is 2.82. The van der Waals surface area contributed by atoms with Crippen molar-refractivity contribution in [2.45, 2.75) is 13.3 Å². The van der Waals surface area contributed by atoms with Crippen molar-refractivity contribution in [2.75, 3.05) is 5.73 Å². The van der Waals surface area contributed by atoms with E-state index in [-0.39, 0.29) is 0 Å². The molecule has 0 aliphatic carbocycles. The third-order valence-electron chi connectivity index (χ3n) is 2.65. The number of hydrogen-bond donors (Lipinski definition) is 2. The van der Waals surface area contributed by atoms with Gasteiger partial charge in [-0.25, -0.2) is 0 Å². The van der Waals surface area contributed by atoms with E-state index >= 15 is 0 Å². The van der Waals surface area contributed by atoms with Gasteiger partial charge in [0, 0.05) is 5.69 Å². The minimum absolute atomic E-state index is 0.348. The van der Waals surface area contributed by atoms with Crippen molar-refractivity contribution in [3.8, 4) is 5.75 Å². The Morgan fingerprint density at radius 3 is 2.25 bits per heavy atom. The van der Waals surface area contributed by atoms with Crippen LogP contribution < -0.4 is 5.73 Å². The van der Waals surface area contributed by atoms with Gasteiger partial charge in [0.15, 0.2) is 0 Å². The van der Waals surface area contributed by atoms with E-state index in [0.29, 0.717) is 5.75 Å². The SMILES string of the molecule is Cc1cc(Cc2ccc(N)cc2)ccc1O. The standard InChI is InChI=1S/C14H15NO/c1-10-8-12(4-7-14(10)16)9-11-2-5-13(15)6-3-11/h2-8,16H,9,15H2,1H3. The summed E-state index contributed by atoms with van der Waals surface area (Å²) in [6, 6.07) is 13.5. The van der Waals surface area contributed by atoms with E-state index in [2.05, 4.69) is 0 Å². The van der Waals surface area contributed by atoms with Crippen molar-refractivity contribution in [3.05, 3.63) is 59.2 Å². The van der Waals surface area contributed by atoms with Crippen LogP contribution in [0.4, 0.5) is 5.69 Å². The van der Waals surface area contributed by atoms with Gasteiger partial charge >= 0.3 is 0 Å². The highest BCUT2D eigenvalue weighted by Gasteiger charge is 1.99. The molecule has 2 nitrogen and oxygen atoms in total. The molecule has 2 rings (SSSR count). The van der Waals surface area contributed by atoms with Crippen LogP contribution in [-0.2, 0) is 6.42 Å². The molecule has 0 aliphatic rings. The number of nitrogens with two attached hydrogens (primary N) is 1. The minimum Gasteiger partial charge on any atom is -0.508 e. The van der Waals surface area contributed by atoms with Gasteiger partial charge in [0.2, 0.25) is 0 Å². The molecular formula is C14H15NO. The first-order chi connectivity index (χ1) is 7.65. The zero-order valence-electron chi connectivity index (χ0n) is 9.27. The molecule has 2 heteroatoms. The second-order valence-electron chi connectivity index (χ2n) is 4.04. The van der Waals surface area contributed by atoms with Crippen LogP contribution in [-0.4, -0.2) is 5.11 Å². The number of hydrogen-bond acceptors (Lipinski definition) is 2. The second kappa shape index (κ2) is 4.27. The molecule has 0 fully saturated rings. The molecule has 0 bridgehead atoms. The van der Waals surface area contributed by atoms with Gasteiger partial charge in [-0.1, -0.05) is 24.3 Å². The van der Waals surface area contributed by atoms with E-state index in [4.69, 9.17) is 5.73 Å². The molecule has 2 aromatic rings. The maximum absolute atomic E-state index is 9.43. The Labute approximate surface area is 95.4 Å². The molecule has 3 N–H and O–H groups in total. The highest BCUT2D eigenvalue weighted by Crippen LogP contribution is 2.19. The molecule has 0 aromatic heterocycles. The van der Waals surface area contributed by atoms with Crippen molar-refractivity contribution in [3.63, 3.8) is 0 Å². The van der Waals surface area contributed by atoms with Crippen molar-refractivity contribution in [1.82, 2.24) is 0 Å². The summed E-state index contributed by atoms with van der Waals surface area (Å²) in [5.74, 6) is 0.348. The highest BCUT2D eigenvalue weighted by atomic mass is 16.3. The molecule has 0 heterocycles. The van der Waals surface area contributed by atoms with E-state index < -0.39 is 0 Å². The quantitative estimate of drug-likeness (QED) is 0.753. The van der Waals surface area contributed by atoms with Crippen LogP contribution in [0.2, 0.25) is 0 Å². The molecule has 2 aromatic carbocycles. The largest absolute Gasteiger partial charge is 0.508 e. The van der Waals surface area contributed by atoms with Gasteiger partial charge in [-0.05, 0) is 48.2 Å². The lowest BCUT2D eigenvalue weighted by Gasteiger charge is -2.05. The predicted molar refractivity (Wildman–Crippen MR) is 66.5 cm³/mol. The molecule has 0 radical (unpaired) electrons. The van der Waals surface area contributed by atoms with Gasteiger partial charge in [0.05, 0.1) is 0 Å². The normalized spacial score (nSPS) is 10.3. The summed E-state index contributed by atoms with van der Waals surface area (Å²) >= 11 is 0. The molecule has 82 valence electrons. The number of rotatable bonds is 2. The molecular weight excluding hydrogens is 198 g/mol. The zero-order chi connectivity index (χ0) is 11.5. The predicted octanol–water partition coefficient (Wildman–Crippen LogP) is 2.87. The number of benzene rings is 2. The average molecular weight is 213 g/mol. The smallest absolute Gasteiger partial charge is 0.118 e. The maximum atomic E-state index is 9.43. The van der Waals surface area contributed by atoms with E-state index in [1.54, 1.807) is 6.07 Å². The van der Waals surface area contributed by atoms with Gasteiger partial charge < -0.3 is 10.8 Å². The molecule has 0 aliphatic heterocycles. The van der Waals surface area contributed by atoms with Crippen LogP contribution in [0, 0.1) is 6.92 Å². The zero-order valence-corrected chi connectivity index (χ0v) is 9.27. The third kappa shape index (κ3) is 2.34. The van der Waals surface area contributed by atoms with Crippen LogP contribution >= 0.6 is 0 Å². The van der Waals surface area contributed by atoms with Gasteiger partial charge in [-0.15, -0.1) is 0 Å². The lowest BCUT2D eigenvalue weighted by Crippen LogP contribution is -1.90. The monoisotopic (exact) mass is 213 g/mol. The number of aryl methyl sites for hydroxylation is 1. The first-order valence-corrected chi connectivity index (χ1v) is 5.28. The van der Waals surface area contributed by atoms with Crippen LogP contribution in [0.15, 0.2) is 42.5 Å². The van der Waals surface area contributed by atoms with Gasteiger partial charge in [0.1, 0.15) is 5.75 Å². The first-order valence-electron chi connectivity index (χ1n) is 5.28. The summed E-state index contributed by atoms with van der Waals surface area (Å²) < 4.78 is 0. The second-order valence-corrected chi connectivity index (χ2v) is 4.04. The lowest BCUT2D eigenvalue weighted by atomic mass is 10.0. The van der Waals surface area contributed by atoms with Gasteiger partial charge in [-0.2, -0.15) is 0 Å². The van der Waals surface area contributed by atoms with Crippen molar-refractivity contribution in [2.24, 2.45) is 0 Å². The lowest BCUT2D eigenvalue weighted by molar-refractivity contribution is 0.471. The highest BCUT2D eigenvalue weighted by molar-refractivity contribution is 5.42. The Morgan fingerprint density at radius 1 is 1.00 bits per heavy atom. The number of phenols is 1. The molecule has 16 heavy (non-hydrogen) atoms. The summed E-state index contributed by atoms with van der Waals surface area (Å²) in [7, 11) is 0. The Balaban J connectivity index is 2.20. The first kappa shape index (κ1) is 10.6. The van der Waals surface area contributed by atoms with Crippen LogP contribution in [0.1, 0.15) is 16.7 Å². The minimum atomic E-state index is 0.348. The maximum Gasteiger partial charge on any atom is 0.118 e. The topological polar surface area (TPSA) is 46.2 Å². The van der Waals surface area contributed by atoms with Gasteiger partial charge in [-0.3, -0.25) is 0 Å². The molecule has 0 saturated carbocycles. The molecule has 0 saturated heterocycles. The Hall–Kier alpha value is -1.96. The molecule has 0 spiro atoms. The van der Waals surface area contributed by atoms with Crippen molar-refractivity contribution >= 4 is 5.69 Å². The fourth-order valence-corrected chi connectivity index (χ4v) is 1.70. The molecule has 0 amide bonds. The number of aromatic hydroxyl groups is 1. The number of phenolic OH excluding ortho intramolecular Hbond substituents is 1. The van der Waals surface area contributed by atoms with E-state index in [0.717, 1.165) is 17.7 Å². The fourth-order valence-electron chi connectivity index (χ4n) is 1.70. The average Bonchev–Trinajstić information content (AvgIpc) is 2.27. The van der Waals surface area contributed by atoms with E-state index in [9.17, 15) is 5.11 Å². The summed E-state index contributed by atoms with van der Waals surface area (Å²) in [4.78, 5) is 0. The van der Waals surface area contributed by atoms with E-state index in [1.165, 1.54) is 11.1 Å². The number of nitrogen functional groups attached to an aromatic ring is 1. The van der Waals surface area contributed by atoms with Crippen molar-refractivity contribution in [1.29, 1.82) is 0 Å². The summed E-state index contributed by atoms with van der Waals surface area (Å²) in [5.41, 5.74) is 9.74. The molecule has 0 atom stereocenters. The van der Waals surface area contributed by atoms with Gasteiger partial charge in [0.25, 0.3) is 0 Å². The third-order valence-corrected chi connectivity index (χ3v) is 2.65. The Morgan fingerprint density at radius 2 is 1.62 bits per heavy atom. The molecule has 0 unspecified atom stereocenters. The summed E-state index contributed by atoms with van der Waals surface area (Å²) in [6.45, 7) is 1.90. The van der Waals surface area contributed by atoms with Crippen LogP contribution in [0.3, 0.4) is 0 Å². The number of anilines is 1.